The number of nitrogens with zero attached hydrogens (tertiary/aromatic N) is 2. The second-order valence-corrected chi connectivity index (χ2v) is 8.34. The van der Waals surface area contributed by atoms with Crippen LogP contribution in [0.5, 0.6) is 5.75 Å². The van der Waals surface area contributed by atoms with Crippen LogP contribution in [0.3, 0.4) is 0 Å². The summed E-state index contributed by atoms with van der Waals surface area (Å²) in [6.45, 7) is 6.86. The highest BCUT2D eigenvalue weighted by molar-refractivity contribution is 6.33. The van der Waals surface area contributed by atoms with Gasteiger partial charge < -0.3 is 15.0 Å². The van der Waals surface area contributed by atoms with Gasteiger partial charge in [-0.1, -0.05) is 42.8 Å². The first-order valence-electron chi connectivity index (χ1n) is 10.3. The Morgan fingerprint density at radius 2 is 1.80 bits per heavy atom. The molecule has 158 valence electrons. The van der Waals surface area contributed by atoms with E-state index in [1.165, 1.54) is 0 Å². The predicted octanol–water partition coefficient (Wildman–Crippen LogP) is 3.62. The monoisotopic (exact) mass is 427 g/mol. The molecule has 1 N–H and O–H groups in total. The lowest BCUT2D eigenvalue weighted by atomic mass is 9.96. The standard InChI is InChI=1S/C23H26ClN3O3/c1-15-16(2)30-22-17(15)6-5-7-18(22)23(29)27-12-10-26(11-13-27)14-21(28)25-20-9-4-3-8-19(20)24/h3-9,15-16H,10-14H2,1-2H3,(H,25,28)/t15-,16+/m1/s1. The number of piperazine rings is 1. The van der Waals surface area contributed by atoms with E-state index in [1.807, 2.05) is 47.1 Å². The molecular formula is C23H26ClN3O3. The second-order valence-electron chi connectivity index (χ2n) is 7.93. The Hall–Kier alpha value is -2.57. The molecule has 4 rings (SSSR count). The van der Waals surface area contributed by atoms with Crippen molar-refractivity contribution in [3.05, 3.63) is 58.6 Å². The van der Waals surface area contributed by atoms with Gasteiger partial charge in [-0.15, -0.1) is 0 Å². The normalized spacial score (nSPS) is 21.1. The molecule has 1 saturated heterocycles. The highest BCUT2D eigenvalue weighted by Crippen LogP contribution is 2.40. The number of carbonyl (C=O) groups is 2. The van der Waals surface area contributed by atoms with Crippen molar-refractivity contribution in [2.45, 2.75) is 25.9 Å². The predicted molar refractivity (Wildman–Crippen MR) is 117 cm³/mol. The van der Waals surface area contributed by atoms with Crippen LogP contribution in [-0.4, -0.2) is 60.4 Å². The number of halogens is 1. The number of amides is 2. The third kappa shape index (κ3) is 4.16. The van der Waals surface area contributed by atoms with Gasteiger partial charge in [0.25, 0.3) is 5.91 Å². The van der Waals surface area contributed by atoms with Crippen molar-refractivity contribution >= 4 is 29.1 Å². The van der Waals surface area contributed by atoms with Gasteiger partial charge in [-0.25, -0.2) is 0 Å². The number of ether oxygens (including phenoxy) is 1. The molecule has 2 aromatic carbocycles. The van der Waals surface area contributed by atoms with Crippen molar-refractivity contribution in [1.82, 2.24) is 9.80 Å². The molecule has 0 radical (unpaired) electrons. The molecule has 0 aromatic heterocycles. The topological polar surface area (TPSA) is 61.9 Å². The number of hydrogen-bond acceptors (Lipinski definition) is 4. The van der Waals surface area contributed by atoms with Gasteiger partial charge in [0.05, 0.1) is 22.8 Å². The number of nitrogens with one attached hydrogen (secondary N) is 1. The Morgan fingerprint density at radius 3 is 2.53 bits per heavy atom. The summed E-state index contributed by atoms with van der Waals surface area (Å²) in [6.07, 6.45) is 0.0717. The van der Waals surface area contributed by atoms with E-state index in [4.69, 9.17) is 16.3 Å². The fourth-order valence-electron chi connectivity index (χ4n) is 3.99. The van der Waals surface area contributed by atoms with Crippen molar-refractivity contribution in [2.24, 2.45) is 0 Å². The summed E-state index contributed by atoms with van der Waals surface area (Å²) in [6, 6.07) is 13.0. The molecule has 2 aliphatic rings. The van der Waals surface area contributed by atoms with Gasteiger partial charge in [0.1, 0.15) is 11.9 Å². The van der Waals surface area contributed by atoms with E-state index in [1.54, 1.807) is 12.1 Å². The van der Waals surface area contributed by atoms with E-state index in [2.05, 4.69) is 12.2 Å². The number of benzene rings is 2. The Labute approximate surface area is 181 Å². The zero-order valence-electron chi connectivity index (χ0n) is 17.2. The molecular weight excluding hydrogens is 402 g/mol. The molecule has 0 unspecified atom stereocenters. The van der Waals surface area contributed by atoms with Crippen LogP contribution in [0, 0.1) is 0 Å². The Morgan fingerprint density at radius 1 is 1.07 bits per heavy atom. The first kappa shape index (κ1) is 20.7. The van der Waals surface area contributed by atoms with Crippen LogP contribution >= 0.6 is 11.6 Å². The first-order chi connectivity index (χ1) is 14.4. The minimum absolute atomic E-state index is 0.00619. The highest BCUT2D eigenvalue weighted by atomic mass is 35.5. The summed E-state index contributed by atoms with van der Waals surface area (Å²) in [5, 5.41) is 3.36. The van der Waals surface area contributed by atoms with E-state index >= 15 is 0 Å². The van der Waals surface area contributed by atoms with Gasteiger partial charge in [-0.05, 0) is 25.1 Å². The molecule has 6 nitrogen and oxygen atoms in total. The summed E-state index contributed by atoms with van der Waals surface area (Å²) in [4.78, 5) is 29.4. The number of fused-ring (bicyclic) bond motifs is 1. The van der Waals surface area contributed by atoms with Crippen molar-refractivity contribution in [3.8, 4) is 5.75 Å². The smallest absolute Gasteiger partial charge is 0.257 e. The molecule has 0 aliphatic carbocycles. The molecule has 0 bridgehead atoms. The lowest BCUT2D eigenvalue weighted by molar-refractivity contribution is -0.117. The summed E-state index contributed by atoms with van der Waals surface area (Å²) < 4.78 is 5.98. The third-order valence-corrected chi connectivity index (χ3v) is 6.28. The lowest BCUT2D eigenvalue weighted by Gasteiger charge is -2.34. The van der Waals surface area contributed by atoms with Crippen molar-refractivity contribution in [1.29, 1.82) is 0 Å². The summed E-state index contributed by atoms with van der Waals surface area (Å²) >= 11 is 6.10. The number of rotatable bonds is 4. The van der Waals surface area contributed by atoms with Gasteiger partial charge in [0, 0.05) is 37.7 Å². The summed E-state index contributed by atoms with van der Waals surface area (Å²) in [5.74, 6) is 0.888. The number of para-hydroxylation sites is 2. The Kier molecular flexibility index (Phi) is 5.97. The minimum Gasteiger partial charge on any atom is -0.489 e. The Bertz CT molecular complexity index is 956. The molecule has 2 atom stereocenters. The second kappa shape index (κ2) is 8.66. The van der Waals surface area contributed by atoms with Crippen LogP contribution in [0.1, 0.15) is 35.7 Å². The number of hydrogen-bond donors (Lipinski definition) is 1. The van der Waals surface area contributed by atoms with E-state index in [0.717, 1.165) is 11.3 Å². The highest BCUT2D eigenvalue weighted by Gasteiger charge is 2.33. The van der Waals surface area contributed by atoms with Gasteiger partial charge in [-0.2, -0.15) is 0 Å². The zero-order chi connectivity index (χ0) is 21.3. The van der Waals surface area contributed by atoms with Crippen LogP contribution in [0.25, 0.3) is 0 Å². The van der Waals surface area contributed by atoms with E-state index in [9.17, 15) is 9.59 Å². The van der Waals surface area contributed by atoms with E-state index in [0.29, 0.717) is 42.5 Å². The van der Waals surface area contributed by atoms with Gasteiger partial charge in [0.15, 0.2) is 0 Å². The molecule has 0 saturated carbocycles. The van der Waals surface area contributed by atoms with Crippen molar-refractivity contribution in [3.63, 3.8) is 0 Å². The largest absolute Gasteiger partial charge is 0.489 e. The molecule has 2 heterocycles. The third-order valence-electron chi connectivity index (χ3n) is 5.95. The van der Waals surface area contributed by atoms with E-state index in [-0.39, 0.29) is 30.4 Å². The molecule has 0 spiro atoms. The molecule has 2 amide bonds. The summed E-state index contributed by atoms with van der Waals surface area (Å²) in [5.41, 5.74) is 2.34. The van der Waals surface area contributed by atoms with Crippen LogP contribution in [0.4, 0.5) is 5.69 Å². The molecule has 30 heavy (non-hydrogen) atoms. The number of carbonyl (C=O) groups excluding carboxylic acids is 2. The number of anilines is 1. The average molecular weight is 428 g/mol. The fourth-order valence-corrected chi connectivity index (χ4v) is 4.17. The lowest BCUT2D eigenvalue weighted by Crippen LogP contribution is -2.50. The van der Waals surface area contributed by atoms with Crippen LogP contribution in [0.15, 0.2) is 42.5 Å². The maximum atomic E-state index is 13.1. The van der Waals surface area contributed by atoms with Crippen molar-refractivity contribution in [2.75, 3.05) is 38.0 Å². The van der Waals surface area contributed by atoms with Crippen LogP contribution in [0.2, 0.25) is 5.02 Å². The van der Waals surface area contributed by atoms with Gasteiger partial charge in [0.2, 0.25) is 5.91 Å². The first-order valence-corrected chi connectivity index (χ1v) is 10.7. The van der Waals surface area contributed by atoms with Gasteiger partial charge in [-0.3, -0.25) is 14.5 Å². The Balaban J connectivity index is 1.34. The van der Waals surface area contributed by atoms with Crippen molar-refractivity contribution < 1.29 is 14.3 Å². The average Bonchev–Trinajstić information content (AvgIpc) is 3.04. The zero-order valence-corrected chi connectivity index (χ0v) is 18.0. The van der Waals surface area contributed by atoms with Crippen LogP contribution in [-0.2, 0) is 4.79 Å². The SMILES string of the molecule is C[C@@H]1Oc2c(C(=O)N3CCN(CC(=O)Nc4ccccc4Cl)CC3)cccc2[C@@H]1C. The molecule has 1 fully saturated rings. The minimum atomic E-state index is -0.111. The fraction of sp³-hybridized carbons (Fsp3) is 0.391. The molecule has 2 aliphatic heterocycles. The van der Waals surface area contributed by atoms with Gasteiger partial charge >= 0.3 is 0 Å². The molecule has 7 heteroatoms. The summed E-state index contributed by atoms with van der Waals surface area (Å²) in [7, 11) is 0. The maximum absolute atomic E-state index is 13.1. The van der Waals surface area contributed by atoms with Crippen LogP contribution < -0.4 is 10.1 Å². The maximum Gasteiger partial charge on any atom is 0.257 e. The van der Waals surface area contributed by atoms with E-state index < -0.39 is 0 Å². The molecule has 2 aromatic rings. The quantitative estimate of drug-likeness (QED) is 0.809.